The number of hydrogen-bond acceptors (Lipinski definition) is 4. The number of nitrogens with one attached hydrogen (secondary N) is 1. The fourth-order valence-electron chi connectivity index (χ4n) is 3.46. The molecule has 1 aromatic rings. The molecule has 1 aromatic heterocycles. The van der Waals surface area contributed by atoms with Crippen molar-refractivity contribution >= 4 is 0 Å². The smallest absolute Gasteiger partial charge is 0.138 e. The van der Waals surface area contributed by atoms with Gasteiger partial charge in [-0.25, -0.2) is 0 Å². The summed E-state index contributed by atoms with van der Waals surface area (Å²) in [5.74, 6) is 0.329. The third-order valence-corrected chi connectivity index (χ3v) is 4.42. The number of aryl methyl sites for hydroxylation is 1. The van der Waals surface area contributed by atoms with Crippen LogP contribution in [0.15, 0.2) is 12.1 Å². The zero-order valence-electron chi connectivity index (χ0n) is 11.6. The molecule has 2 aliphatic rings. The number of aromatic hydroxyl groups is 1. The zero-order chi connectivity index (χ0) is 13.2. The predicted octanol–water partition coefficient (Wildman–Crippen LogP) is 1.81. The highest BCUT2D eigenvalue weighted by Gasteiger charge is 2.33. The fourth-order valence-corrected chi connectivity index (χ4v) is 3.46. The molecule has 104 valence electrons. The second-order valence-corrected chi connectivity index (χ2v) is 5.80. The summed E-state index contributed by atoms with van der Waals surface area (Å²) in [7, 11) is 0. The summed E-state index contributed by atoms with van der Waals surface area (Å²) in [5.41, 5.74) is 1.80. The molecule has 0 saturated carbocycles. The van der Waals surface area contributed by atoms with Crippen LogP contribution in [0.5, 0.6) is 5.75 Å². The van der Waals surface area contributed by atoms with Gasteiger partial charge in [0, 0.05) is 24.3 Å². The van der Waals surface area contributed by atoms with E-state index in [2.05, 4.69) is 15.2 Å². The molecule has 2 N–H and O–H groups in total. The molecule has 2 atom stereocenters. The number of likely N-dealkylation sites (tertiary alicyclic amines) is 1. The topological polar surface area (TPSA) is 48.4 Å². The summed E-state index contributed by atoms with van der Waals surface area (Å²) < 4.78 is 0. The Hall–Kier alpha value is -1.13. The van der Waals surface area contributed by atoms with Gasteiger partial charge in [-0.3, -0.25) is 9.88 Å². The van der Waals surface area contributed by atoms with Crippen molar-refractivity contribution in [2.45, 2.75) is 51.2 Å². The summed E-state index contributed by atoms with van der Waals surface area (Å²) in [5, 5.41) is 13.6. The maximum Gasteiger partial charge on any atom is 0.138 e. The first-order valence-corrected chi connectivity index (χ1v) is 7.37. The predicted molar refractivity (Wildman–Crippen MR) is 75.1 cm³/mol. The molecule has 0 radical (unpaired) electrons. The summed E-state index contributed by atoms with van der Waals surface area (Å²) in [6.45, 7) is 5.03. The first-order valence-electron chi connectivity index (χ1n) is 7.37. The highest BCUT2D eigenvalue weighted by atomic mass is 16.3. The number of rotatable bonds is 3. The first-order chi connectivity index (χ1) is 9.24. The Kier molecular flexibility index (Phi) is 3.71. The maximum atomic E-state index is 9.94. The highest BCUT2D eigenvalue weighted by molar-refractivity contribution is 5.27. The average molecular weight is 261 g/mol. The molecule has 19 heavy (non-hydrogen) atoms. The lowest BCUT2D eigenvalue weighted by Crippen LogP contribution is -2.43. The van der Waals surface area contributed by atoms with E-state index in [1.54, 1.807) is 6.07 Å². The van der Waals surface area contributed by atoms with E-state index in [-0.39, 0.29) is 0 Å². The third-order valence-electron chi connectivity index (χ3n) is 4.42. The van der Waals surface area contributed by atoms with Gasteiger partial charge in [0.1, 0.15) is 5.75 Å². The van der Waals surface area contributed by atoms with Crippen molar-refractivity contribution in [1.82, 2.24) is 15.2 Å². The van der Waals surface area contributed by atoms with E-state index in [0.717, 1.165) is 31.0 Å². The minimum Gasteiger partial charge on any atom is -0.506 e. The SMILES string of the molecule is Cc1ccc(O)c(CN2CCCC2C2CCCN2)n1. The molecule has 2 fully saturated rings. The van der Waals surface area contributed by atoms with Gasteiger partial charge >= 0.3 is 0 Å². The summed E-state index contributed by atoms with van der Waals surface area (Å²) in [6, 6.07) is 4.87. The standard InChI is InChI=1S/C15H23N3O/c1-11-6-7-15(19)13(17-11)10-18-9-3-5-14(18)12-4-2-8-16-12/h6-7,12,14,16,19H,2-5,8-10H2,1H3. The van der Waals surface area contributed by atoms with Crippen molar-refractivity contribution in [3.8, 4) is 5.75 Å². The maximum absolute atomic E-state index is 9.94. The van der Waals surface area contributed by atoms with E-state index in [4.69, 9.17) is 0 Å². The lowest BCUT2D eigenvalue weighted by molar-refractivity contribution is 0.202. The van der Waals surface area contributed by atoms with Gasteiger partial charge in [0.05, 0.1) is 5.69 Å². The van der Waals surface area contributed by atoms with Crippen LogP contribution >= 0.6 is 0 Å². The second kappa shape index (κ2) is 5.47. The number of nitrogens with zero attached hydrogens (tertiary/aromatic N) is 2. The molecule has 4 heteroatoms. The van der Waals surface area contributed by atoms with Gasteiger partial charge in [-0.15, -0.1) is 0 Å². The summed E-state index contributed by atoms with van der Waals surface area (Å²) in [6.07, 6.45) is 5.11. The monoisotopic (exact) mass is 261 g/mol. The van der Waals surface area contributed by atoms with Gasteiger partial charge in [0.2, 0.25) is 0 Å². The molecule has 3 heterocycles. The van der Waals surface area contributed by atoms with Crippen LogP contribution in [0.3, 0.4) is 0 Å². The minimum absolute atomic E-state index is 0.329. The van der Waals surface area contributed by atoms with Crippen LogP contribution in [-0.2, 0) is 6.54 Å². The van der Waals surface area contributed by atoms with Crippen molar-refractivity contribution in [3.05, 3.63) is 23.5 Å². The Morgan fingerprint density at radius 3 is 3.05 bits per heavy atom. The summed E-state index contributed by atoms with van der Waals surface area (Å²) >= 11 is 0. The molecule has 2 aliphatic heterocycles. The van der Waals surface area contributed by atoms with E-state index in [1.165, 1.54) is 25.7 Å². The molecule has 0 bridgehead atoms. The molecule has 2 unspecified atom stereocenters. The van der Waals surface area contributed by atoms with Crippen LogP contribution in [0.1, 0.15) is 37.1 Å². The molecular weight excluding hydrogens is 238 g/mol. The lowest BCUT2D eigenvalue weighted by Gasteiger charge is -2.29. The van der Waals surface area contributed by atoms with Crippen LogP contribution in [0, 0.1) is 6.92 Å². The fraction of sp³-hybridized carbons (Fsp3) is 0.667. The van der Waals surface area contributed by atoms with Crippen molar-refractivity contribution in [1.29, 1.82) is 0 Å². The van der Waals surface area contributed by atoms with Crippen molar-refractivity contribution in [2.24, 2.45) is 0 Å². The van der Waals surface area contributed by atoms with Gasteiger partial charge in [0.25, 0.3) is 0 Å². The van der Waals surface area contributed by atoms with Crippen LogP contribution in [-0.4, -0.2) is 40.2 Å². The Balaban J connectivity index is 1.72. The van der Waals surface area contributed by atoms with E-state index in [0.29, 0.717) is 17.8 Å². The Labute approximate surface area is 114 Å². The number of hydrogen-bond donors (Lipinski definition) is 2. The molecule has 4 nitrogen and oxygen atoms in total. The van der Waals surface area contributed by atoms with Crippen LogP contribution in [0.2, 0.25) is 0 Å². The van der Waals surface area contributed by atoms with Crippen molar-refractivity contribution < 1.29 is 5.11 Å². The van der Waals surface area contributed by atoms with Gasteiger partial charge in [0.15, 0.2) is 0 Å². The van der Waals surface area contributed by atoms with Crippen LogP contribution in [0.4, 0.5) is 0 Å². The van der Waals surface area contributed by atoms with Gasteiger partial charge in [-0.2, -0.15) is 0 Å². The van der Waals surface area contributed by atoms with Crippen LogP contribution < -0.4 is 5.32 Å². The molecule has 0 spiro atoms. The zero-order valence-corrected chi connectivity index (χ0v) is 11.6. The molecule has 3 rings (SSSR count). The molecule has 0 aliphatic carbocycles. The average Bonchev–Trinajstić information content (AvgIpc) is 3.03. The minimum atomic E-state index is 0.329. The van der Waals surface area contributed by atoms with E-state index in [9.17, 15) is 5.11 Å². The summed E-state index contributed by atoms with van der Waals surface area (Å²) in [4.78, 5) is 6.98. The van der Waals surface area contributed by atoms with Crippen molar-refractivity contribution in [3.63, 3.8) is 0 Å². The van der Waals surface area contributed by atoms with Gasteiger partial charge < -0.3 is 10.4 Å². The second-order valence-electron chi connectivity index (χ2n) is 5.80. The molecule has 0 amide bonds. The third kappa shape index (κ3) is 2.74. The highest BCUT2D eigenvalue weighted by Crippen LogP contribution is 2.27. The van der Waals surface area contributed by atoms with E-state index in [1.807, 2.05) is 13.0 Å². The largest absolute Gasteiger partial charge is 0.506 e. The van der Waals surface area contributed by atoms with Crippen molar-refractivity contribution in [2.75, 3.05) is 13.1 Å². The Bertz CT molecular complexity index is 443. The molecular formula is C15H23N3O. The van der Waals surface area contributed by atoms with Gasteiger partial charge in [-0.05, 0) is 57.8 Å². The Morgan fingerprint density at radius 2 is 2.26 bits per heavy atom. The van der Waals surface area contributed by atoms with Crippen LogP contribution in [0.25, 0.3) is 0 Å². The molecule has 0 aromatic carbocycles. The normalized spacial score (nSPS) is 28.1. The first kappa shape index (κ1) is 12.9. The molecule has 2 saturated heterocycles. The quantitative estimate of drug-likeness (QED) is 0.871. The van der Waals surface area contributed by atoms with E-state index >= 15 is 0 Å². The van der Waals surface area contributed by atoms with Gasteiger partial charge in [-0.1, -0.05) is 0 Å². The van der Waals surface area contributed by atoms with E-state index < -0.39 is 0 Å². The number of pyridine rings is 1. The lowest BCUT2D eigenvalue weighted by atomic mass is 10.0. The number of aromatic nitrogens is 1. The Morgan fingerprint density at radius 1 is 1.37 bits per heavy atom.